The molecule has 1 aliphatic rings. The van der Waals surface area contributed by atoms with Gasteiger partial charge in [0, 0.05) is 47.2 Å². The van der Waals surface area contributed by atoms with Gasteiger partial charge in [-0.25, -0.2) is 0 Å². The lowest BCUT2D eigenvalue weighted by Gasteiger charge is -2.37. The molecule has 2 aromatic rings. The minimum Gasteiger partial charge on any atom is -0.320 e. The van der Waals surface area contributed by atoms with Crippen LogP contribution in [0.15, 0.2) is 54.6 Å². The quantitative estimate of drug-likeness (QED) is 0.406. The number of hydrogen-bond donors (Lipinski definition) is 0. The van der Waals surface area contributed by atoms with Crippen LogP contribution in [0.3, 0.4) is 0 Å². The lowest BCUT2D eigenvalue weighted by atomic mass is 9.80. The molecule has 0 aliphatic carbocycles. The molecule has 23 heavy (non-hydrogen) atoms. The molecule has 0 unspecified atom stereocenters. The molecule has 1 heterocycles. The highest BCUT2D eigenvalue weighted by Crippen LogP contribution is 2.43. The Balaban J connectivity index is 2.02. The average Bonchev–Trinajstić information content (AvgIpc) is 2.56. The topological polar surface area (TPSA) is 3.24 Å². The van der Waals surface area contributed by atoms with Crippen LogP contribution in [0.25, 0.3) is 6.08 Å². The highest BCUT2D eigenvalue weighted by molar-refractivity contribution is 14.2. The fraction of sp³-hybridized carbons (Fsp3) is 0.250. The molecule has 0 saturated carbocycles. The van der Waals surface area contributed by atoms with Crippen LogP contribution >= 0.6 is 32.6 Å². The van der Waals surface area contributed by atoms with Crippen molar-refractivity contribution in [3.63, 3.8) is 0 Å². The molecule has 2 aromatic carbocycles. The Morgan fingerprint density at radius 2 is 1.74 bits per heavy atom. The molecule has 0 aromatic heterocycles. The number of hydrogen-bond acceptors (Lipinski definition) is 1. The molecular formula is C20H21ClIN. The number of para-hydroxylation sites is 1. The zero-order valence-corrected chi connectivity index (χ0v) is 16.6. The molecule has 1 aliphatic heterocycles. The van der Waals surface area contributed by atoms with Gasteiger partial charge in [0.25, 0.3) is 0 Å². The SMILES string of the molecule is CCN1I=C(C=Cc2ccccc2Cl)C(C)(C)c2ccccc21. The lowest BCUT2D eigenvalue weighted by molar-refractivity contribution is 0.731. The fourth-order valence-corrected chi connectivity index (χ4v) is 5.93. The molecule has 0 saturated heterocycles. The van der Waals surface area contributed by atoms with E-state index in [9.17, 15) is 0 Å². The van der Waals surface area contributed by atoms with Crippen molar-refractivity contribution in [2.75, 3.05) is 9.66 Å². The predicted octanol–water partition coefficient (Wildman–Crippen LogP) is 6.23. The Bertz CT molecular complexity index is 777. The maximum atomic E-state index is 6.29. The van der Waals surface area contributed by atoms with E-state index in [0.717, 1.165) is 17.1 Å². The van der Waals surface area contributed by atoms with Gasteiger partial charge in [-0.2, -0.15) is 0 Å². The molecule has 0 spiro atoms. The highest BCUT2D eigenvalue weighted by atomic mass is 127. The zero-order valence-electron chi connectivity index (χ0n) is 13.7. The van der Waals surface area contributed by atoms with Gasteiger partial charge in [0.2, 0.25) is 0 Å². The summed E-state index contributed by atoms with van der Waals surface area (Å²) in [7, 11) is 0. The Labute approximate surface area is 154 Å². The number of halogens is 2. The van der Waals surface area contributed by atoms with Gasteiger partial charge in [0.15, 0.2) is 0 Å². The van der Waals surface area contributed by atoms with Gasteiger partial charge < -0.3 is 3.11 Å². The summed E-state index contributed by atoms with van der Waals surface area (Å²) in [5.41, 5.74) is 3.99. The Morgan fingerprint density at radius 3 is 2.48 bits per heavy atom. The van der Waals surface area contributed by atoms with Crippen LogP contribution in [0.2, 0.25) is 5.02 Å². The van der Waals surface area contributed by atoms with Crippen LogP contribution in [-0.2, 0) is 5.41 Å². The van der Waals surface area contributed by atoms with Gasteiger partial charge in [0.1, 0.15) is 0 Å². The summed E-state index contributed by atoms with van der Waals surface area (Å²) in [6.07, 6.45) is 4.47. The van der Waals surface area contributed by atoms with Crippen LogP contribution < -0.4 is 3.11 Å². The molecule has 0 N–H and O–H groups in total. The molecule has 0 fully saturated rings. The summed E-state index contributed by atoms with van der Waals surface area (Å²) < 4.78 is 4.07. The monoisotopic (exact) mass is 437 g/mol. The number of benzene rings is 2. The smallest absolute Gasteiger partial charge is 0.0494 e. The minimum absolute atomic E-state index is 0.0767. The first-order valence-electron chi connectivity index (χ1n) is 7.86. The van der Waals surface area contributed by atoms with Crippen molar-refractivity contribution in [2.24, 2.45) is 0 Å². The maximum Gasteiger partial charge on any atom is 0.0494 e. The lowest BCUT2D eigenvalue weighted by Crippen LogP contribution is -2.33. The molecule has 1 nitrogen and oxygen atoms in total. The van der Waals surface area contributed by atoms with Gasteiger partial charge in [-0.15, -0.1) is 0 Å². The molecule has 0 amide bonds. The second-order valence-corrected chi connectivity index (χ2v) is 9.32. The van der Waals surface area contributed by atoms with Gasteiger partial charge in [-0.1, -0.05) is 74.0 Å². The molecule has 0 bridgehead atoms. The van der Waals surface area contributed by atoms with Gasteiger partial charge in [-0.05, 0) is 30.2 Å². The summed E-state index contributed by atoms with van der Waals surface area (Å²) in [6.45, 7) is 7.98. The molecule has 120 valence electrons. The summed E-state index contributed by atoms with van der Waals surface area (Å²) >= 11 is 6.10. The first kappa shape index (κ1) is 16.7. The van der Waals surface area contributed by atoms with E-state index >= 15 is 0 Å². The summed E-state index contributed by atoms with van der Waals surface area (Å²) in [5.74, 6) is 0. The van der Waals surface area contributed by atoms with Crippen molar-refractivity contribution in [1.82, 2.24) is 0 Å². The van der Waals surface area contributed by atoms with Crippen LogP contribution in [0.1, 0.15) is 31.9 Å². The van der Waals surface area contributed by atoms with E-state index in [4.69, 9.17) is 11.6 Å². The maximum absolute atomic E-state index is 6.29. The summed E-state index contributed by atoms with van der Waals surface area (Å²) in [6, 6.07) is 16.8. The number of allylic oxidation sites excluding steroid dienone is 1. The molecule has 0 atom stereocenters. The fourth-order valence-electron chi connectivity index (χ4n) is 2.84. The largest absolute Gasteiger partial charge is 0.320 e. The van der Waals surface area contributed by atoms with Crippen LogP contribution in [0.4, 0.5) is 5.69 Å². The zero-order chi connectivity index (χ0) is 16.4. The number of rotatable bonds is 3. The van der Waals surface area contributed by atoms with Crippen molar-refractivity contribution in [1.29, 1.82) is 0 Å². The second kappa shape index (κ2) is 6.78. The van der Waals surface area contributed by atoms with Crippen molar-refractivity contribution < 1.29 is 0 Å². The van der Waals surface area contributed by atoms with Gasteiger partial charge >= 0.3 is 0 Å². The first-order valence-corrected chi connectivity index (χ1v) is 10.3. The van der Waals surface area contributed by atoms with Gasteiger partial charge in [-0.3, -0.25) is 0 Å². The Kier molecular flexibility index (Phi) is 4.93. The van der Waals surface area contributed by atoms with Crippen LogP contribution in [-0.4, -0.2) is 10.1 Å². The first-order chi connectivity index (χ1) is 11.0. The van der Waals surface area contributed by atoms with E-state index in [2.05, 4.69) is 66.4 Å². The number of nitrogens with zero attached hydrogens (tertiary/aromatic N) is 1. The van der Waals surface area contributed by atoms with Crippen molar-refractivity contribution in [3.05, 3.63) is 70.8 Å². The van der Waals surface area contributed by atoms with Crippen molar-refractivity contribution in [2.45, 2.75) is 26.2 Å². The van der Waals surface area contributed by atoms with Crippen molar-refractivity contribution in [3.8, 4) is 0 Å². The van der Waals surface area contributed by atoms with E-state index in [0.29, 0.717) is 0 Å². The predicted molar refractivity (Wildman–Crippen MR) is 112 cm³/mol. The summed E-state index contributed by atoms with van der Waals surface area (Å²) in [4.78, 5) is 0. The van der Waals surface area contributed by atoms with E-state index < -0.39 is 0 Å². The molecule has 0 radical (unpaired) electrons. The second-order valence-electron chi connectivity index (χ2n) is 6.11. The average molecular weight is 438 g/mol. The Morgan fingerprint density at radius 1 is 1.04 bits per heavy atom. The van der Waals surface area contributed by atoms with E-state index in [1.165, 1.54) is 14.8 Å². The number of anilines is 1. The summed E-state index contributed by atoms with van der Waals surface area (Å²) in [5, 5.41) is 0.809. The van der Waals surface area contributed by atoms with E-state index in [1.807, 2.05) is 18.2 Å². The third-order valence-electron chi connectivity index (χ3n) is 4.22. The van der Waals surface area contributed by atoms with Crippen LogP contribution in [0, 0.1) is 0 Å². The normalized spacial score (nSPS) is 16.7. The van der Waals surface area contributed by atoms with Crippen molar-refractivity contribution >= 4 is 47.9 Å². The van der Waals surface area contributed by atoms with Gasteiger partial charge in [0.05, 0.1) is 0 Å². The highest BCUT2D eigenvalue weighted by Gasteiger charge is 2.32. The number of fused-ring (bicyclic) bond motifs is 1. The Hall–Kier alpha value is -1.13. The molecule has 3 heteroatoms. The third-order valence-corrected chi connectivity index (χ3v) is 8.58. The van der Waals surface area contributed by atoms with Crippen LogP contribution in [0.5, 0.6) is 0 Å². The van der Waals surface area contributed by atoms with E-state index in [1.54, 1.807) is 0 Å². The molecular weight excluding hydrogens is 417 g/mol. The minimum atomic E-state index is -0.184. The standard InChI is InChI=1S/C20H21ClIN/c1-4-23-18-12-8-6-10-16(18)20(2,3)19(22-23)14-13-15-9-5-7-11-17(15)21/h5-14H,4H2,1-3H3. The third kappa shape index (κ3) is 3.24. The van der Waals surface area contributed by atoms with E-state index in [-0.39, 0.29) is 26.4 Å². The molecule has 3 rings (SSSR count).